The van der Waals surface area contributed by atoms with Crippen LogP contribution in [0.1, 0.15) is 34.1 Å². The summed E-state index contributed by atoms with van der Waals surface area (Å²) in [6.07, 6.45) is 0.908. The molecule has 0 aliphatic carbocycles. The molecular formula is C11H22N2O2. The lowest BCUT2D eigenvalue weighted by Crippen LogP contribution is -2.56. The molecule has 1 amide bonds. The molecule has 15 heavy (non-hydrogen) atoms. The van der Waals surface area contributed by atoms with Gasteiger partial charge < -0.3 is 15.8 Å². The van der Waals surface area contributed by atoms with E-state index in [4.69, 9.17) is 10.5 Å². The Morgan fingerprint density at radius 3 is 2.60 bits per heavy atom. The van der Waals surface area contributed by atoms with Gasteiger partial charge in [0.05, 0.1) is 17.7 Å². The maximum absolute atomic E-state index is 11.8. The number of carbonyl (C=O) groups excluding carboxylic acids is 1. The summed E-state index contributed by atoms with van der Waals surface area (Å²) in [6.45, 7) is 8.58. The molecule has 0 aromatic heterocycles. The van der Waals surface area contributed by atoms with E-state index in [1.165, 1.54) is 0 Å². The number of carbonyl (C=O) groups is 1. The van der Waals surface area contributed by atoms with Crippen molar-refractivity contribution in [3.63, 3.8) is 0 Å². The van der Waals surface area contributed by atoms with E-state index < -0.39 is 6.04 Å². The standard InChI is InChI=1S/C11H22N2O2/c1-7(2)9(12)10(14)13-11(4)5-6-15-8(11)3/h7-9H,5-6,12H2,1-4H3,(H,13,14)/t8?,9-,11?/m1/s1. The van der Waals surface area contributed by atoms with Gasteiger partial charge >= 0.3 is 0 Å². The van der Waals surface area contributed by atoms with Crippen LogP contribution in [-0.4, -0.2) is 30.2 Å². The molecule has 2 unspecified atom stereocenters. The molecule has 0 radical (unpaired) electrons. The van der Waals surface area contributed by atoms with Crippen molar-refractivity contribution in [1.82, 2.24) is 5.32 Å². The molecular weight excluding hydrogens is 192 g/mol. The largest absolute Gasteiger partial charge is 0.376 e. The molecule has 3 atom stereocenters. The Hall–Kier alpha value is -0.610. The quantitative estimate of drug-likeness (QED) is 0.725. The topological polar surface area (TPSA) is 64.4 Å². The van der Waals surface area contributed by atoms with E-state index in [9.17, 15) is 4.79 Å². The van der Waals surface area contributed by atoms with E-state index >= 15 is 0 Å². The second-order valence-electron chi connectivity index (χ2n) is 4.94. The highest BCUT2D eigenvalue weighted by Gasteiger charge is 2.39. The summed E-state index contributed by atoms with van der Waals surface area (Å²) in [7, 11) is 0. The van der Waals surface area contributed by atoms with Crippen LogP contribution in [0.2, 0.25) is 0 Å². The molecule has 0 saturated carbocycles. The Labute approximate surface area is 91.5 Å². The van der Waals surface area contributed by atoms with Crippen LogP contribution in [0.25, 0.3) is 0 Å². The van der Waals surface area contributed by atoms with Gasteiger partial charge in [-0.05, 0) is 26.2 Å². The predicted molar refractivity (Wildman–Crippen MR) is 59.4 cm³/mol. The Kier molecular flexibility index (Phi) is 3.73. The van der Waals surface area contributed by atoms with Gasteiger partial charge in [0.15, 0.2) is 0 Å². The van der Waals surface area contributed by atoms with E-state index in [1.54, 1.807) is 0 Å². The molecule has 1 aliphatic rings. The van der Waals surface area contributed by atoms with Crippen LogP contribution in [0, 0.1) is 5.92 Å². The minimum Gasteiger partial charge on any atom is -0.376 e. The van der Waals surface area contributed by atoms with Gasteiger partial charge in [0.25, 0.3) is 0 Å². The van der Waals surface area contributed by atoms with Crippen molar-refractivity contribution in [2.24, 2.45) is 11.7 Å². The summed E-state index contributed by atoms with van der Waals surface area (Å²) in [6, 6.07) is -0.436. The molecule has 0 bridgehead atoms. The average molecular weight is 214 g/mol. The number of nitrogens with two attached hydrogens (primary N) is 1. The monoisotopic (exact) mass is 214 g/mol. The lowest BCUT2D eigenvalue weighted by atomic mass is 9.93. The molecule has 4 heteroatoms. The lowest BCUT2D eigenvalue weighted by Gasteiger charge is -2.30. The lowest BCUT2D eigenvalue weighted by molar-refractivity contribution is -0.125. The zero-order valence-corrected chi connectivity index (χ0v) is 10.0. The molecule has 0 aromatic carbocycles. The summed E-state index contributed by atoms with van der Waals surface area (Å²) >= 11 is 0. The van der Waals surface area contributed by atoms with Gasteiger partial charge in [-0.15, -0.1) is 0 Å². The van der Waals surface area contributed by atoms with Crippen molar-refractivity contribution < 1.29 is 9.53 Å². The average Bonchev–Trinajstić information content (AvgIpc) is 2.45. The second-order valence-corrected chi connectivity index (χ2v) is 4.94. The van der Waals surface area contributed by atoms with Crippen LogP contribution in [-0.2, 0) is 9.53 Å². The van der Waals surface area contributed by atoms with Crippen molar-refractivity contribution in [3.8, 4) is 0 Å². The molecule has 3 N–H and O–H groups in total. The van der Waals surface area contributed by atoms with Crippen LogP contribution in [0.5, 0.6) is 0 Å². The summed E-state index contributed by atoms with van der Waals surface area (Å²) < 4.78 is 5.45. The first kappa shape index (κ1) is 12.5. The maximum Gasteiger partial charge on any atom is 0.237 e. The molecule has 1 aliphatic heterocycles. The Bertz CT molecular complexity index is 243. The summed E-state index contributed by atoms with van der Waals surface area (Å²) in [4.78, 5) is 11.8. The zero-order valence-electron chi connectivity index (χ0n) is 10.0. The Morgan fingerprint density at radius 1 is 1.60 bits per heavy atom. The van der Waals surface area contributed by atoms with Crippen LogP contribution in [0.4, 0.5) is 0 Å². The van der Waals surface area contributed by atoms with Gasteiger partial charge in [-0.2, -0.15) is 0 Å². The maximum atomic E-state index is 11.8. The fourth-order valence-electron chi connectivity index (χ4n) is 1.67. The van der Waals surface area contributed by atoms with Crippen LogP contribution < -0.4 is 11.1 Å². The van der Waals surface area contributed by atoms with Gasteiger partial charge in [0.1, 0.15) is 0 Å². The first-order chi connectivity index (χ1) is 6.87. The van der Waals surface area contributed by atoms with Crippen molar-refractivity contribution in [2.75, 3.05) is 6.61 Å². The zero-order chi connectivity index (χ0) is 11.6. The molecule has 1 rings (SSSR count). The molecule has 1 heterocycles. The molecule has 1 saturated heterocycles. The van der Waals surface area contributed by atoms with Crippen molar-refractivity contribution in [3.05, 3.63) is 0 Å². The number of rotatable bonds is 3. The highest BCUT2D eigenvalue weighted by atomic mass is 16.5. The predicted octanol–water partition coefficient (Wildman–Crippen LogP) is 0.653. The van der Waals surface area contributed by atoms with Crippen LogP contribution in [0.15, 0.2) is 0 Å². The normalized spacial score (nSPS) is 33.1. The third-order valence-electron chi connectivity index (χ3n) is 3.32. The number of amides is 1. The third kappa shape index (κ3) is 2.69. The van der Waals surface area contributed by atoms with Crippen LogP contribution in [0.3, 0.4) is 0 Å². The molecule has 0 spiro atoms. The van der Waals surface area contributed by atoms with Gasteiger partial charge in [-0.3, -0.25) is 4.79 Å². The first-order valence-electron chi connectivity index (χ1n) is 5.56. The summed E-state index contributed by atoms with van der Waals surface area (Å²) in [5, 5.41) is 3.00. The minimum atomic E-state index is -0.436. The number of hydrogen-bond acceptors (Lipinski definition) is 3. The van der Waals surface area contributed by atoms with E-state index in [2.05, 4.69) is 5.32 Å². The van der Waals surface area contributed by atoms with Crippen molar-refractivity contribution >= 4 is 5.91 Å². The summed E-state index contributed by atoms with van der Waals surface area (Å²) in [5.74, 6) is 0.0797. The van der Waals surface area contributed by atoms with Gasteiger partial charge in [0.2, 0.25) is 5.91 Å². The minimum absolute atomic E-state index is 0.0563. The Morgan fingerprint density at radius 2 is 2.20 bits per heavy atom. The van der Waals surface area contributed by atoms with E-state index in [0.717, 1.165) is 6.42 Å². The van der Waals surface area contributed by atoms with E-state index in [-0.39, 0.29) is 23.5 Å². The van der Waals surface area contributed by atoms with Gasteiger partial charge in [-0.1, -0.05) is 13.8 Å². The van der Waals surface area contributed by atoms with Gasteiger partial charge in [-0.25, -0.2) is 0 Å². The molecule has 1 fully saturated rings. The van der Waals surface area contributed by atoms with Crippen molar-refractivity contribution in [2.45, 2.75) is 51.8 Å². The number of hydrogen-bond donors (Lipinski definition) is 2. The van der Waals surface area contributed by atoms with E-state index in [1.807, 2.05) is 27.7 Å². The third-order valence-corrected chi connectivity index (χ3v) is 3.32. The fraction of sp³-hybridized carbons (Fsp3) is 0.909. The highest BCUT2D eigenvalue weighted by molar-refractivity contribution is 5.82. The summed E-state index contributed by atoms with van der Waals surface area (Å²) in [5.41, 5.74) is 5.53. The van der Waals surface area contributed by atoms with Gasteiger partial charge in [0, 0.05) is 6.61 Å². The van der Waals surface area contributed by atoms with Crippen molar-refractivity contribution in [1.29, 1.82) is 0 Å². The number of ether oxygens (including phenoxy) is 1. The van der Waals surface area contributed by atoms with E-state index in [0.29, 0.717) is 6.61 Å². The molecule has 88 valence electrons. The molecule has 0 aromatic rings. The fourth-order valence-corrected chi connectivity index (χ4v) is 1.67. The molecule has 4 nitrogen and oxygen atoms in total. The SMILES string of the molecule is CC(C)[C@@H](N)C(=O)NC1(C)CCOC1C. The van der Waals surface area contributed by atoms with Crippen LogP contribution >= 0.6 is 0 Å². The Balaban J connectivity index is 2.57. The number of nitrogens with one attached hydrogen (secondary N) is 1. The first-order valence-corrected chi connectivity index (χ1v) is 5.56. The smallest absolute Gasteiger partial charge is 0.237 e. The second kappa shape index (κ2) is 4.49. The highest BCUT2D eigenvalue weighted by Crippen LogP contribution is 2.25.